The van der Waals surface area contributed by atoms with E-state index in [1.54, 1.807) is 5.32 Å². The molecule has 3 N–H and O–H groups in total. The van der Waals surface area contributed by atoms with E-state index in [4.69, 9.17) is 9.84 Å². The van der Waals surface area contributed by atoms with Gasteiger partial charge >= 0.3 is 18.2 Å². The van der Waals surface area contributed by atoms with Crippen LogP contribution < -0.4 is 10.6 Å². The number of alkyl carbamates (subject to hydrolysis) is 1. The third-order valence-electron chi connectivity index (χ3n) is 5.57. The quantitative estimate of drug-likeness (QED) is 0.515. The van der Waals surface area contributed by atoms with Gasteiger partial charge in [-0.15, -0.1) is 0 Å². The van der Waals surface area contributed by atoms with Gasteiger partial charge in [0.25, 0.3) is 5.91 Å². The summed E-state index contributed by atoms with van der Waals surface area (Å²) in [5.41, 5.74) is 0.451. The lowest BCUT2D eigenvalue weighted by atomic mass is 9.98. The summed E-state index contributed by atoms with van der Waals surface area (Å²) in [5.74, 6) is -3.00. The Kier molecular flexibility index (Phi) is 6.95. The monoisotopic (exact) mass is 464 g/mol. The molecule has 176 valence electrons. The molecule has 1 atom stereocenters. The number of fused-ring (bicyclic) bond motifs is 3. The Morgan fingerprint density at radius 3 is 2.06 bits per heavy atom. The second-order valence-corrected chi connectivity index (χ2v) is 7.83. The molecule has 0 fully saturated rings. The number of amides is 2. The van der Waals surface area contributed by atoms with Crippen molar-refractivity contribution in [2.45, 2.75) is 37.4 Å². The first-order valence-corrected chi connectivity index (χ1v) is 10.2. The average molecular weight is 464 g/mol. The molecule has 0 heterocycles. The van der Waals surface area contributed by atoms with Crippen molar-refractivity contribution < 1.29 is 37.4 Å². The Hall–Kier alpha value is -3.56. The molecule has 0 bridgehead atoms. The number of benzene rings is 2. The molecule has 3 rings (SSSR count). The Labute approximate surface area is 187 Å². The standard InChI is InChI=1S/C23H23F3N2O5/c1-22(23(24,25)26,20(31)27-12-6-11-19(29)30)28-21(32)33-13-18-16-9-4-2-7-14(16)15-8-3-5-10-17(15)18/h2-5,7-10,18H,6,11-13H2,1H3,(H,27,31)(H,28,32)(H,29,30). The van der Waals surface area contributed by atoms with Crippen LogP contribution in [0.4, 0.5) is 18.0 Å². The summed E-state index contributed by atoms with van der Waals surface area (Å²) in [5, 5.41) is 12.3. The molecule has 0 aromatic heterocycles. The second kappa shape index (κ2) is 9.51. The van der Waals surface area contributed by atoms with Crippen molar-refractivity contribution in [3.05, 3.63) is 59.7 Å². The second-order valence-electron chi connectivity index (χ2n) is 7.83. The van der Waals surface area contributed by atoms with Crippen molar-refractivity contribution >= 4 is 18.0 Å². The Morgan fingerprint density at radius 1 is 1.00 bits per heavy atom. The molecule has 0 saturated heterocycles. The zero-order chi connectivity index (χ0) is 24.2. The summed E-state index contributed by atoms with van der Waals surface area (Å²) >= 11 is 0. The topological polar surface area (TPSA) is 105 Å². The summed E-state index contributed by atoms with van der Waals surface area (Å²) in [6.07, 6.45) is -6.88. The number of hydrogen-bond acceptors (Lipinski definition) is 4. The molecule has 2 aromatic rings. The van der Waals surface area contributed by atoms with Crippen LogP contribution in [0.1, 0.15) is 36.8 Å². The highest BCUT2D eigenvalue weighted by Crippen LogP contribution is 2.44. The molecule has 2 aromatic carbocycles. The molecule has 10 heteroatoms. The van der Waals surface area contributed by atoms with Crippen LogP contribution in [-0.2, 0) is 14.3 Å². The van der Waals surface area contributed by atoms with Crippen molar-refractivity contribution in [2.75, 3.05) is 13.2 Å². The van der Waals surface area contributed by atoms with Gasteiger partial charge in [-0.3, -0.25) is 14.9 Å². The van der Waals surface area contributed by atoms with Gasteiger partial charge < -0.3 is 15.2 Å². The lowest BCUT2D eigenvalue weighted by Crippen LogP contribution is -2.65. The fourth-order valence-electron chi connectivity index (χ4n) is 3.71. The van der Waals surface area contributed by atoms with Crippen LogP contribution in [0.2, 0.25) is 0 Å². The van der Waals surface area contributed by atoms with E-state index in [9.17, 15) is 27.6 Å². The van der Waals surface area contributed by atoms with Crippen LogP contribution in [0.3, 0.4) is 0 Å². The molecular weight excluding hydrogens is 441 g/mol. The van der Waals surface area contributed by atoms with E-state index in [-0.39, 0.29) is 31.9 Å². The zero-order valence-electron chi connectivity index (χ0n) is 17.7. The Morgan fingerprint density at radius 2 is 1.55 bits per heavy atom. The van der Waals surface area contributed by atoms with E-state index in [1.807, 2.05) is 53.8 Å². The van der Waals surface area contributed by atoms with Gasteiger partial charge in [-0.25, -0.2) is 4.79 Å². The highest BCUT2D eigenvalue weighted by atomic mass is 19.4. The number of carboxylic acids is 1. The van der Waals surface area contributed by atoms with Crippen molar-refractivity contribution in [2.24, 2.45) is 0 Å². The van der Waals surface area contributed by atoms with E-state index in [0.29, 0.717) is 6.92 Å². The lowest BCUT2D eigenvalue weighted by Gasteiger charge is -2.31. The molecule has 33 heavy (non-hydrogen) atoms. The van der Waals surface area contributed by atoms with E-state index in [2.05, 4.69) is 0 Å². The normalized spacial score (nSPS) is 14.5. The summed E-state index contributed by atoms with van der Waals surface area (Å²) in [4.78, 5) is 35.1. The maximum atomic E-state index is 13.7. The SMILES string of the molecule is CC(NC(=O)OCC1c2ccccc2-c2ccccc21)(C(=O)NCCCC(=O)O)C(F)(F)F. The van der Waals surface area contributed by atoms with Crippen LogP contribution in [0.5, 0.6) is 0 Å². The number of carboxylic acid groups (broad SMARTS) is 1. The largest absolute Gasteiger partial charge is 0.481 e. The van der Waals surface area contributed by atoms with E-state index < -0.39 is 29.7 Å². The first-order valence-electron chi connectivity index (χ1n) is 10.2. The number of carbonyl (C=O) groups excluding carboxylic acids is 2. The lowest BCUT2D eigenvalue weighted by molar-refractivity contribution is -0.194. The van der Waals surface area contributed by atoms with Gasteiger partial charge in [0, 0.05) is 18.9 Å². The van der Waals surface area contributed by atoms with Gasteiger partial charge in [0.15, 0.2) is 0 Å². The average Bonchev–Trinajstić information content (AvgIpc) is 3.08. The number of hydrogen-bond donors (Lipinski definition) is 3. The van der Waals surface area contributed by atoms with Crippen LogP contribution in [0.15, 0.2) is 48.5 Å². The molecule has 1 aliphatic rings. The number of nitrogens with one attached hydrogen (secondary N) is 2. The minimum atomic E-state index is -5.12. The summed E-state index contributed by atoms with van der Waals surface area (Å²) < 4.78 is 46.1. The van der Waals surface area contributed by atoms with Gasteiger partial charge in [0.05, 0.1) is 0 Å². The summed E-state index contributed by atoms with van der Waals surface area (Å²) in [6, 6.07) is 15.0. The first kappa shape index (κ1) is 24.1. The predicted molar refractivity (Wildman–Crippen MR) is 113 cm³/mol. The molecular formula is C23H23F3N2O5. The highest BCUT2D eigenvalue weighted by molar-refractivity contribution is 5.90. The molecule has 0 spiro atoms. The third-order valence-corrected chi connectivity index (χ3v) is 5.57. The summed E-state index contributed by atoms with van der Waals surface area (Å²) in [7, 11) is 0. The van der Waals surface area contributed by atoms with Gasteiger partial charge in [-0.2, -0.15) is 13.2 Å². The Balaban J connectivity index is 1.68. The number of carbonyl (C=O) groups is 3. The maximum absolute atomic E-state index is 13.7. The highest BCUT2D eigenvalue weighted by Gasteiger charge is 2.58. The fourth-order valence-corrected chi connectivity index (χ4v) is 3.71. The minimum absolute atomic E-state index is 0.0556. The zero-order valence-corrected chi connectivity index (χ0v) is 17.7. The number of ether oxygens (including phenoxy) is 1. The van der Waals surface area contributed by atoms with Gasteiger partial charge in [-0.1, -0.05) is 48.5 Å². The van der Waals surface area contributed by atoms with E-state index >= 15 is 0 Å². The van der Waals surface area contributed by atoms with Crippen LogP contribution in [0, 0.1) is 0 Å². The molecule has 0 aliphatic heterocycles. The molecule has 2 amide bonds. The fraction of sp³-hybridized carbons (Fsp3) is 0.348. The maximum Gasteiger partial charge on any atom is 0.420 e. The molecule has 7 nitrogen and oxygen atoms in total. The molecule has 1 unspecified atom stereocenters. The van der Waals surface area contributed by atoms with Crippen LogP contribution in [0.25, 0.3) is 11.1 Å². The minimum Gasteiger partial charge on any atom is -0.481 e. The van der Waals surface area contributed by atoms with Gasteiger partial charge in [-0.05, 0) is 35.6 Å². The van der Waals surface area contributed by atoms with E-state index in [0.717, 1.165) is 22.3 Å². The number of rotatable bonds is 8. The van der Waals surface area contributed by atoms with Crippen LogP contribution >= 0.6 is 0 Å². The Bertz CT molecular complexity index is 1010. The molecule has 0 radical (unpaired) electrons. The van der Waals surface area contributed by atoms with Crippen molar-refractivity contribution in [1.29, 1.82) is 0 Å². The van der Waals surface area contributed by atoms with Gasteiger partial charge in [0.2, 0.25) is 5.54 Å². The van der Waals surface area contributed by atoms with E-state index in [1.165, 1.54) is 0 Å². The van der Waals surface area contributed by atoms with Crippen molar-refractivity contribution in [3.63, 3.8) is 0 Å². The molecule has 1 aliphatic carbocycles. The first-order chi connectivity index (χ1) is 15.5. The van der Waals surface area contributed by atoms with Crippen LogP contribution in [-0.4, -0.2) is 47.9 Å². The molecule has 0 saturated carbocycles. The van der Waals surface area contributed by atoms with Gasteiger partial charge in [0.1, 0.15) is 6.61 Å². The third kappa shape index (κ3) is 5.10. The summed E-state index contributed by atoms with van der Waals surface area (Å²) in [6.45, 7) is 0.0260. The smallest absolute Gasteiger partial charge is 0.420 e. The number of alkyl halides is 3. The van der Waals surface area contributed by atoms with Crippen molar-refractivity contribution in [3.8, 4) is 11.1 Å². The van der Waals surface area contributed by atoms with Crippen molar-refractivity contribution in [1.82, 2.24) is 10.6 Å². The number of aliphatic carboxylic acids is 1. The number of halogens is 3. The predicted octanol–water partition coefficient (Wildman–Crippen LogP) is 3.83.